The molecule has 0 bridgehead atoms. The molecule has 0 aliphatic rings. The highest BCUT2D eigenvalue weighted by molar-refractivity contribution is 6.18. The molecule has 0 unspecified atom stereocenters. The monoisotopic (exact) mass is 114 g/mol. The van der Waals surface area contributed by atoms with Crippen molar-refractivity contribution in [2.24, 2.45) is 0 Å². The van der Waals surface area contributed by atoms with E-state index in [1.807, 2.05) is 0 Å². The molecule has 0 nitrogen and oxygen atoms in total. The predicted octanol–water partition coefficient (Wildman–Crippen LogP) is 1.80. The first-order chi connectivity index (χ1) is 3.41. The number of halogens is 1. The summed E-state index contributed by atoms with van der Waals surface area (Å²) in [6.45, 7) is 3.42. The van der Waals surface area contributed by atoms with Crippen LogP contribution in [0.2, 0.25) is 0 Å². The van der Waals surface area contributed by atoms with E-state index in [9.17, 15) is 0 Å². The minimum Gasteiger partial charge on any atom is -0.126 e. The first-order valence-corrected chi connectivity index (χ1v) is 2.60. The fourth-order valence-electron chi connectivity index (χ4n) is 0.192. The number of allylic oxidation sites excluding steroid dienone is 1. The molecular formula is C6H7Cl. The molecule has 0 amide bonds. The maximum absolute atomic E-state index is 5.30. The highest BCUT2D eigenvalue weighted by Crippen LogP contribution is 1.78. The highest BCUT2D eigenvalue weighted by atomic mass is 35.5. The van der Waals surface area contributed by atoms with Crippen LogP contribution in [0.5, 0.6) is 0 Å². The average molecular weight is 115 g/mol. The molecule has 0 heterocycles. The lowest BCUT2D eigenvalue weighted by Crippen LogP contribution is -1.63. The maximum atomic E-state index is 5.30. The van der Waals surface area contributed by atoms with Crippen molar-refractivity contribution >= 4 is 11.6 Å². The molecule has 0 spiro atoms. The minimum atomic E-state index is 0.612. The zero-order valence-electron chi connectivity index (χ0n) is 4.08. The van der Waals surface area contributed by atoms with Gasteiger partial charge in [0, 0.05) is 12.3 Å². The number of hydrogen-bond acceptors (Lipinski definition) is 0. The van der Waals surface area contributed by atoms with E-state index in [1.165, 1.54) is 0 Å². The van der Waals surface area contributed by atoms with Gasteiger partial charge >= 0.3 is 0 Å². The van der Waals surface area contributed by atoms with Gasteiger partial charge in [-0.15, -0.1) is 11.6 Å². The molecule has 0 N–H and O–H groups in total. The van der Waals surface area contributed by atoms with Gasteiger partial charge in [0.1, 0.15) is 0 Å². The number of alkyl halides is 1. The lowest BCUT2D eigenvalue weighted by molar-refractivity contribution is 1.29. The van der Waals surface area contributed by atoms with Crippen LogP contribution in [0.1, 0.15) is 6.42 Å². The molecule has 1 heteroatoms. The van der Waals surface area contributed by atoms with E-state index in [2.05, 4.69) is 18.4 Å². The van der Waals surface area contributed by atoms with Crippen molar-refractivity contribution < 1.29 is 0 Å². The van der Waals surface area contributed by atoms with Gasteiger partial charge in [-0.3, -0.25) is 0 Å². The summed E-state index contributed by atoms with van der Waals surface area (Å²) in [5.74, 6) is 6.08. The van der Waals surface area contributed by atoms with Gasteiger partial charge in [-0.2, -0.15) is 0 Å². The zero-order chi connectivity index (χ0) is 5.54. The van der Waals surface area contributed by atoms with E-state index in [4.69, 9.17) is 11.6 Å². The standard InChI is InChI=1S/C6H7Cl/c1-2-3-4-5-6-7/h2H,1,5-6H2. The van der Waals surface area contributed by atoms with E-state index in [0.29, 0.717) is 5.88 Å². The lowest BCUT2D eigenvalue weighted by Gasteiger charge is -1.70. The molecule has 0 radical (unpaired) electrons. The Hall–Kier alpha value is -0.410. The van der Waals surface area contributed by atoms with Crippen LogP contribution in [0.15, 0.2) is 12.7 Å². The molecule has 0 aromatic rings. The van der Waals surface area contributed by atoms with Gasteiger partial charge in [-0.1, -0.05) is 18.4 Å². The summed E-state index contributed by atoms with van der Waals surface area (Å²) in [4.78, 5) is 0. The van der Waals surface area contributed by atoms with Crippen molar-refractivity contribution in [3.63, 3.8) is 0 Å². The smallest absolute Gasteiger partial charge is 0.0333 e. The molecule has 0 rings (SSSR count). The Morgan fingerprint density at radius 3 is 2.86 bits per heavy atom. The second kappa shape index (κ2) is 5.59. The van der Waals surface area contributed by atoms with Crippen LogP contribution in [0.3, 0.4) is 0 Å². The number of rotatable bonds is 1. The Morgan fingerprint density at radius 1 is 1.71 bits per heavy atom. The zero-order valence-corrected chi connectivity index (χ0v) is 4.83. The van der Waals surface area contributed by atoms with Crippen LogP contribution in [0.25, 0.3) is 0 Å². The van der Waals surface area contributed by atoms with Gasteiger partial charge in [0.05, 0.1) is 0 Å². The Bertz CT molecular complexity index is 94.5. The minimum absolute atomic E-state index is 0.612. The maximum Gasteiger partial charge on any atom is 0.0333 e. The molecule has 0 aromatic carbocycles. The van der Waals surface area contributed by atoms with Crippen molar-refractivity contribution in [1.82, 2.24) is 0 Å². The Kier molecular flexibility index (Phi) is 5.26. The van der Waals surface area contributed by atoms with Crippen LogP contribution in [0, 0.1) is 11.8 Å². The molecule has 0 atom stereocenters. The van der Waals surface area contributed by atoms with Crippen LogP contribution >= 0.6 is 11.6 Å². The van der Waals surface area contributed by atoms with Crippen LogP contribution < -0.4 is 0 Å². The SMILES string of the molecule is C=CC#CCCCl. The van der Waals surface area contributed by atoms with Crippen LogP contribution in [0.4, 0.5) is 0 Å². The molecule has 0 aliphatic carbocycles. The molecule has 0 saturated carbocycles. The van der Waals surface area contributed by atoms with Crippen molar-refractivity contribution in [2.45, 2.75) is 6.42 Å². The van der Waals surface area contributed by atoms with E-state index in [-0.39, 0.29) is 0 Å². The van der Waals surface area contributed by atoms with E-state index in [1.54, 1.807) is 6.08 Å². The first-order valence-electron chi connectivity index (χ1n) is 2.07. The topological polar surface area (TPSA) is 0 Å². The van der Waals surface area contributed by atoms with Gasteiger partial charge < -0.3 is 0 Å². The quantitative estimate of drug-likeness (QED) is 0.360. The summed E-state index contributed by atoms with van der Waals surface area (Å²) in [5.41, 5.74) is 0. The molecule has 0 saturated heterocycles. The average Bonchev–Trinajstić information content (AvgIpc) is 1.69. The summed E-state index contributed by atoms with van der Waals surface area (Å²) in [6, 6.07) is 0. The van der Waals surface area contributed by atoms with E-state index in [0.717, 1.165) is 6.42 Å². The second-order valence-electron chi connectivity index (χ2n) is 0.964. The fourth-order valence-corrected chi connectivity index (χ4v) is 0.286. The Balaban J connectivity index is 3.07. The van der Waals surface area contributed by atoms with Gasteiger partial charge in [-0.25, -0.2) is 0 Å². The Morgan fingerprint density at radius 2 is 2.43 bits per heavy atom. The van der Waals surface area contributed by atoms with Crippen molar-refractivity contribution in [3.8, 4) is 11.8 Å². The molecule has 0 aromatic heterocycles. The number of hydrogen-bond donors (Lipinski definition) is 0. The van der Waals surface area contributed by atoms with Gasteiger partial charge in [0.15, 0.2) is 0 Å². The highest BCUT2D eigenvalue weighted by Gasteiger charge is 1.66. The van der Waals surface area contributed by atoms with Crippen LogP contribution in [-0.4, -0.2) is 5.88 Å². The summed E-state index contributed by atoms with van der Waals surface area (Å²) in [7, 11) is 0. The fraction of sp³-hybridized carbons (Fsp3) is 0.333. The Labute approximate surface area is 49.2 Å². The summed E-state index contributed by atoms with van der Waals surface area (Å²) in [5, 5.41) is 0. The predicted molar refractivity (Wildman–Crippen MR) is 33.3 cm³/mol. The molecule has 38 valence electrons. The largest absolute Gasteiger partial charge is 0.126 e. The molecule has 0 aliphatic heterocycles. The van der Waals surface area contributed by atoms with E-state index >= 15 is 0 Å². The van der Waals surface area contributed by atoms with Gasteiger partial charge in [-0.05, 0) is 6.08 Å². The van der Waals surface area contributed by atoms with Crippen molar-refractivity contribution in [1.29, 1.82) is 0 Å². The molecule has 7 heavy (non-hydrogen) atoms. The van der Waals surface area contributed by atoms with E-state index < -0.39 is 0 Å². The third-order valence-electron chi connectivity index (χ3n) is 0.424. The lowest BCUT2D eigenvalue weighted by atomic mass is 10.5. The normalized spacial score (nSPS) is 6.43. The molecular weight excluding hydrogens is 108 g/mol. The van der Waals surface area contributed by atoms with Gasteiger partial charge in [0.25, 0.3) is 0 Å². The third-order valence-corrected chi connectivity index (χ3v) is 0.613. The summed E-state index contributed by atoms with van der Waals surface area (Å²) < 4.78 is 0. The van der Waals surface area contributed by atoms with Crippen molar-refractivity contribution in [2.75, 3.05) is 5.88 Å². The van der Waals surface area contributed by atoms with Crippen molar-refractivity contribution in [3.05, 3.63) is 12.7 Å². The van der Waals surface area contributed by atoms with Gasteiger partial charge in [0.2, 0.25) is 0 Å². The second-order valence-corrected chi connectivity index (χ2v) is 1.34. The summed E-state index contributed by atoms with van der Waals surface area (Å²) >= 11 is 5.30. The van der Waals surface area contributed by atoms with Crippen LogP contribution in [-0.2, 0) is 0 Å². The molecule has 0 fully saturated rings. The third kappa shape index (κ3) is 5.59. The first kappa shape index (κ1) is 6.59. The summed E-state index contributed by atoms with van der Waals surface area (Å²) in [6.07, 6.45) is 2.32.